The SMILES string of the molecule is N=C(c1nccnc1N)N(N)c1cccc(Cl)c1Cl. The number of aromatic nitrogens is 2. The van der Waals surface area contributed by atoms with Gasteiger partial charge in [0.2, 0.25) is 0 Å². The molecule has 0 saturated heterocycles. The van der Waals surface area contributed by atoms with E-state index in [9.17, 15) is 0 Å². The van der Waals surface area contributed by atoms with Gasteiger partial charge in [0, 0.05) is 12.4 Å². The standard InChI is InChI=1S/C11H10Cl2N6/c12-6-2-1-3-7(8(6)13)19(16)11(15)9-10(14)18-5-4-17-9/h1-5,15H,16H2,(H2,14,18). The number of nitrogen functional groups attached to an aromatic ring is 1. The molecule has 1 aromatic heterocycles. The van der Waals surface area contributed by atoms with E-state index in [1.807, 2.05) is 0 Å². The molecular formula is C11H10Cl2N6. The lowest BCUT2D eigenvalue weighted by Gasteiger charge is -2.20. The van der Waals surface area contributed by atoms with Crippen molar-refractivity contribution in [2.75, 3.05) is 10.7 Å². The van der Waals surface area contributed by atoms with Crippen LogP contribution in [-0.2, 0) is 0 Å². The van der Waals surface area contributed by atoms with Gasteiger partial charge in [0.15, 0.2) is 11.7 Å². The highest BCUT2D eigenvalue weighted by Gasteiger charge is 2.18. The summed E-state index contributed by atoms with van der Waals surface area (Å²) in [7, 11) is 0. The Morgan fingerprint density at radius 2 is 1.89 bits per heavy atom. The average molecular weight is 297 g/mol. The first-order valence-corrected chi connectivity index (χ1v) is 5.92. The highest BCUT2D eigenvalue weighted by molar-refractivity contribution is 6.44. The van der Waals surface area contributed by atoms with E-state index in [0.717, 1.165) is 5.01 Å². The van der Waals surface area contributed by atoms with E-state index in [1.165, 1.54) is 12.4 Å². The van der Waals surface area contributed by atoms with Crippen molar-refractivity contribution < 1.29 is 0 Å². The lowest BCUT2D eigenvalue weighted by Crippen LogP contribution is -2.38. The zero-order chi connectivity index (χ0) is 14.0. The van der Waals surface area contributed by atoms with Gasteiger partial charge in [-0.05, 0) is 12.1 Å². The van der Waals surface area contributed by atoms with Crippen LogP contribution in [0.5, 0.6) is 0 Å². The molecule has 1 heterocycles. The third kappa shape index (κ3) is 2.60. The first-order valence-electron chi connectivity index (χ1n) is 5.16. The summed E-state index contributed by atoms with van der Waals surface area (Å²) < 4.78 is 0. The zero-order valence-electron chi connectivity index (χ0n) is 9.64. The Morgan fingerprint density at radius 3 is 2.58 bits per heavy atom. The number of anilines is 2. The monoisotopic (exact) mass is 296 g/mol. The second kappa shape index (κ2) is 5.40. The molecule has 0 atom stereocenters. The van der Waals surface area contributed by atoms with Gasteiger partial charge in [0.1, 0.15) is 5.69 Å². The minimum absolute atomic E-state index is 0.112. The van der Waals surface area contributed by atoms with Gasteiger partial charge in [-0.1, -0.05) is 29.3 Å². The van der Waals surface area contributed by atoms with E-state index in [2.05, 4.69) is 9.97 Å². The molecular weight excluding hydrogens is 287 g/mol. The molecule has 98 valence electrons. The molecule has 8 heteroatoms. The normalized spacial score (nSPS) is 10.3. The van der Waals surface area contributed by atoms with Crippen LogP contribution in [0.15, 0.2) is 30.6 Å². The average Bonchev–Trinajstić information content (AvgIpc) is 2.41. The largest absolute Gasteiger partial charge is 0.382 e. The Bertz CT molecular complexity index is 630. The molecule has 1 aromatic carbocycles. The predicted molar refractivity (Wildman–Crippen MR) is 76.4 cm³/mol. The van der Waals surface area contributed by atoms with Crippen LogP contribution < -0.4 is 16.6 Å². The maximum Gasteiger partial charge on any atom is 0.170 e. The van der Waals surface area contributed by atoms with Gasteiger partial charge in [0.25, 0.3) is 0 Å². The first kappa shape index (κ1) is 13.5. The lowest BCUT2D eigenvalue weighted by atomic mass is 10.3. The van der Waals surface area contributed by atoms with Crippen LogP contribution in [0.25, 0.3) is 0 Å². The number of rotatable bonds is 2. The first-order chi connectivity index (χ1) is 9.02. The summed E-state index contributed by atoms with van der Waals surface area (Å²) in [5, 5.41) is 9.64. The molecule has 0 bridgehead atoms. The van der Waals surface area contributed by atoms with Crippen LogP contribution in [0.2, 0.25) is 10.0 Å². The number of benzene rings is 1. The minimum atomic E-state index is -0.130. The van der Waals surface area contributed by atoms with Crippen molar-refractivity contribution in [3.63, 3.8) is 0 Å². The fourth-order valence-electron chi connectivity index (χ4n) is 1.44. The van der Waals surface area contributed by atoms with E-state index in [1.54, 1.807) is 18.2 Å². The molecule has 0 unspecified atom stereocenters. The molecule has 0 aliphatic carbocycles. The van der Waals surface area contributed by atoms with E-state index in [0.29, 0.717) is 10.7 Å². The lowest BCUT2D eigenvalue weighted by molar-refractivity contribution is 1.08. The van der Waals surface area contributed by atoms with Gasteiger partial charge in [-0.15, -0.1) is 0 Å². The van der Waals surface area contributed by atoms with Crippen LogP contribution in [0.4, 0.5) is 11.5 Å². The molecule has 2 rings (SSSR count). The van der Waals surface area contributed by atoms with Gasteiger partial charge in [-0.3, -0.25) is 10.4 Å². The second-order valence-corrected chi connectivity index (χ2v) is 4.37. The minimum Gasteiger partial charge on any atom is -0.382 e. The Hall–Kier alpha value is -1.89. The topological polar surface area (TPSA) is 105 Å². The summed E-state index contributed by atoms with van der Waals surface area (Å²) in [5.74, 6) is 5.83. The number of nitrogens with zero attached hydrogens (tertiary/aromatic N) is 3. The maximum absolute atomic E-state index is 8.00. The van der Waals surface area contributed by atoms with Gasteiger partial charge >= 0.3 is 0 Å². The summed E-state index contributed by atoms with van der Waals surface area (Å²) in [6.45, 7) is 0. The van der Waals surface area contributed by atoms with Crippen LogP contribution in [-0.4, -0.2) is 15.8 Å². The number of hydrazine groups is 1. The van der Waals surface area contributed by atoms with E-state index >= 15 is 0 Å². The fourth-order valence-corrected chi connectivity index (χ4v) is 1.83. The summed E-state index contributed by atoms with van der Waals surface area (Å²) in [6, 6.07) is 4.94. The molecule has 0 aliphatic rings. The molecule has 0 spiro atoms. The quantitative estimate of drug-likeness (QED) is 0.340. The molecule has 0 aliphatic heterocycles. The molecule has 0 radical (unpaired) electrons. The number of nitrogens with one attached hydrogen (secondary N) is 1. The van der Waals surface area contributed by atoms with Gasteiger partial charge in [-0.2, -0.15) is 0 Å². The highest BCUT2D eigenvalue weighted by Crippen LogP contribution is 2.31. The summed E-state index contributed by atoms with van der Waals surface area (Å²) >= 11 is 11.9. The molecule has 0 amide bonds. The summed E-state index contributed by atoms with van der Waals surface area (Å²) in [5.41, 5.74) is 6.20. The summed E-state index contributed by atoms with van der Waals surface area (Å²) in [4.78, 5) is 7.82. The van der Waals surface area contributed by atoms with Crippen molar-refractivity contribution in [1.82, 2.24) is 9.97 Å². The van der Waals surface area contributed by atoms with E-state index < -0.39 is 0 Å². The Kier molecular flexibility index (Phi) is 3.84. The van der Waals surface area contributed by atoms with Crippen LogP contribution in [0.3, 0.4) is 0 Å². The van der Waals surface area contributed by atoms with E-state index in [4.69, 9.17) is 40.2 Å². The number of hydrogen-bond donors (Lipinski definition) is 3. The third-order valence-corrected chi connectivity index (χ3v) is 3.19. The fraction of sp³-hybridized carbons (Fsp3) is 0. The number of nitrogens with two attached hydrogens (primary N) is 2. The Labute approximate surface area is 119 Å². The molecule has 19 heavy (non-hydrogen) atoms. The van der Waals surface area contributed by atoms with Crippen molar-refractivity contribution in [3.05, 3.63) is 46.3 Å². The molecule has 5 N–H and O–H groups in total. The van der Waals surface area contributed by atoms with Crippen LogP contribution in [0, 0.1) is 5.41 Å². The number of halogens is 2. The van der Waals surface area contributed by atoms with Crippen molar-refractivity contribution in [2.45, 2.75) is 0 Å². The van der Waals surface area contributed by atoms with Gasteiger partial charge < -0.3 is 5.73 Å². The van der Waals surface area contributed by atoms with Crippen molar-refractivity contribution in [2.24, 2.45) is 5.84 Å². The van der Waals surface area contributed by atoms with Crippen molar-refractivity contribution in [3.8, 4) is 0 Å². The molecule has 0 fully saturated rings. The molecule has 0 saturated carbocycles. The Morgan fingerprint density at radius 1 is 1.21 bits per heavy atom. The van der Waals surface area contributed by atoms with Gasteiger partial charge in [-0.25, -0.2) is 15.8 Å². The van der Waals surface area contributed by atoms with Crippen LogP contribution in [0.1, 0.15) is 5.69 Å². The smallest absolute Gasteiger partial charge is 0.170 e. The second-order valence-electron chi connectivity index (χ2n) is 3.58. The maximum atomic E-state index is 8.00. The Balaban J connectivity index is 2.40. The molecule has 6 nitrogen and oxygen atoms in total. The van der Waals surface area contributed by atoms with Crippen molar-refractivity contribution in [1.29, 1.82) is 5.41 Å². The predicted octanol–water partition coefficient (Wildman–Crippen LogP) is 2.07. The van der Waals surface area contributed by atoms with E-state index in [-0.39, 0.29) is 22.4 Å². The summed E-state index contributed by atoms with van der Waals surface area (Å²) in [6.07, 6.45) is 2.85. The third-order valence-electron chi connectivity index (χ3n) is 2.38. The number of hydrogen-bond acceptors (Lipinski definition) is 5. The van der Waals surface area contributed by atoms with Gasteiger partial charge in [0.05, 0.1) is 15.7 Å². The van der Waals surface area contributed by atoms with Crippen molar-refractivity contribution >= 4 is 40.5 Å². The number of amidine groups is 1. The highest BCUT2D eigenvalue weighted by atomic mass is 35.5. The molecule has 2 aromatic rings. The zero-order valence-corrected chi connectivity index (χ0v) is 11.2. The van der Waals surface area contributed by atoms with Crippen LogP contribution >= 0.6 is 23.2 Å².